The Bertz CT molecular complexity index is 791. The zero-order valence-electron chi connectivity index (χ0n) is 19.2. The number of aliphatic imine (C=N–C) groups is 1. The SMILES string of the molecule is CCc1noc(CC)c1CNC(=NC)NCc1ccccc1CN1CCCCCC1.I. The Morgan fingerprint density at radius 2 is 1.68 bits per heavy atom. The Morgan fingerprint density at radius 1 is 1.00 bits per heavy atom. The number of likely N-dealkylation sites (tertiary alicyclic amines) is 1. The van der Waals surface area contributed by atoms with E-state index in [4.69, 9.17) is 4.52 Å². The van der Waals surface area contributed by atoms with Crippen LogP contribution in [-0.2, 0) is 32.5 Å². The first-order valence-electron chi connectivity index (χ1n) is 11.4. The van der Waals surface area contributed by atoms with Crippen molar-refractivity contribution in [2.75, 3.05) is 20.1 Å². The van der Waals surface area contributed by atoms with Crippen LogP contribution in [0.15, 0.2) is 33.8 Å². The van der Waals surface area contributed by atoms with E-state index in [2.05, 4.69) is 63.8 Å². The van der Waals surface area contributed by atoms with Crippen molar-refractivity contribution in [3.8, 4) is 0 Å². The van der Waals surface area contributed by atoms with E-state index in [0.717, 1.165) is 48.9 Å². The van der Waals surface area contributed by atoms with Crippen LogP contribution in [0, 0.1) is 0 Å². The fourth-order valence-corrected chi connectivity index (χ4v) is 4.13. The van der Waals surface area contributed by atoms with Gasteiger partial charge in [-0.05, 0) is 43.5 Å². The Kier molecular flexibility index (Phi) is 11.4. The van der Waals surface area contributed by atoms with Crippen LogP contribution >= 0.6 is 24.0 Å². The summed E-state index contributed by atoms with van der Waals surface area (Å²) in [5.41, 5.74) is 4.92. The molecular weight excluding hydrogens is 501 g/mol. The molecule has 7 heteroatoms. The fraction of sp³-hybridized carbons (Fsp3) is 0.583. The number of nitrogens with zero attached hydrogens (tertiary/aromatic N) is 3. The van der Waals surface area contributed by atoms with Crippen LogP contribution in [0.25, 0.3) is 0 Å². The van der Waals surface area contributed by atoms with Crippen molar-refractivity contribution in [1.82, 2.24) is 20.7 Å². The van der Waals surface area contributed by atoms with Gasteiger partial charge in [-0.1, -0.05) is 56.1 Å². The van der Waals surface area contributed by atoms with Gasteiger partial charge in [-0.2, -0.15) is 0 Å². The second kappa shape index (κ2) is 13.7. The number of rotatable bonds is 8. The average Bonchev–Trinajstić information content (AvgIpc) is 3.00. The number of aryl methyl sites for hydroxylation is 2. The summed E-state index contributed by atoms with van der Waals surface area (Å²) in [4.78, 5) is 7.00. The second-order valence-electron chi connectivity index (χ2n) is 7.98. The molecule has 1 saturated heterocycles. The zero-order valence-corrected chi connectivity index (χ0v) is 21.6. The zero-order chi connectivity index (χ0) is 21.2. The number of nitrogens with one attached hydrogen (secondary N) is 2. The highest BCUT2D eigenvalue weighted by molar-refractivity contribution is 14.0. The first kappa shape index (κ1) is 25.6. The molecule has 172 valence electrons. The fourth-order valence-electron chi connectivity index (χ4n) is 4.13. The molecule has 6 nitrogen and oxygen atoms in total. The quantitative estimate of drug-likeness (QED) is 0.290. The van der Waals surface area contributed by atoms with Crippen molar-refractivity contribution in [2.45, 2.75) is 72.0 Å². The van der Waals surface area contributed by atoms with E-state index in [-0.39, 0.29) is 24.0 Å². The molecule has 0 aliphatic carbocycles. The normalized spacial score (nSPS) is 15.3. The van der Waals surface area contributed by atoms with Crippen LogP contribution in [0.5, 0.6) is 0 Å². The van der Waals surface area contributed by atoms with Gasteiger partial charge in [0.05, 0.1) is 5.69 Å². The average molecular weight is 540 g/mol. The number of halogens is 1. The van der Waals surface area contributed by atoms with Gasteiger partial charge in [-0.3, -0.25) is 9.89 Å². The minimum Gasteiger partial charge on any atom is -0.361 e. The third kappa shape index (κ3) is 7.49. The Hall–Kier alpha value is -1.61. The standard InChI is InChI=1S/C24H37N5O.HI/c1-4-22-21(23(5-2)30-28-22)17-27-24(25-3)26-16-19-12-8-9-13-20(19)18-29-14-10-6-7-11-15-29;/h8-9,12-13H,4-7,10-11,14-18H2,1-3H3,(H2,25,26,27);1H. The molecule has 1 aliphatic heterocycles. The highest BCUT2D eigenvalue weighted by atomic mass is 127. The monoisotopic (exact) mass is 539 g/mol. The van der Waals surface area contributed by atoms with Crippen molar-refractivity contribution in [3.05, 3.63) is 52.4 Å². The molecule has 1 fully saturated rings. The molecule has 0 unspecified atom stereocenters. The Morgan fingerprint density at radius 3 is 2.32 bits per heavy atom. The molecule has 2 N–H and O–H groups in total. The van der Waals surface area contributed by atoms with Crippen molar-refractivity contribution in [2.24, 2.45) is 4.99 Å². The number of hydrogen-bond donors (Lipinski definition) is 2. The van der Waals surface area contributed by atoms with Gasteiger partial charge in [0.1, 0.15) is 5.76 Å². The van der Waals surface area contributed by atoms with Gasteiger partial charge >= 0.3 is 0 Å². The summed E-state index contributed by atoms with van der Waals surface area (Å²) >= 11 is 0. The largest absolute Gasteiger partial charge is 0.361 e. The lowest BCUT2D eigenvalue weighted by molar-refractivity contribution is 0.276. The van der Waals surface area contributed by atoms with Crippen LogP contribution in [0.1, 0.15) is 67.7 Å². The van der Waals surface area contributed by atoms with Gasteiger partial charge < -0.3 is 15.2 Å². The summed E-state index contributed by atoms with van der Waals surface area (Å²) in [6, 6.07) is 8.75. The summed E-state index contributed by atoms with van der Waals surface area (Å²) in [7, 11) is 1.81. The first-order valence-corrected chi connectivity index (χ1v) is 11.4. The molecule has 0 amide bonds. The number of hydrogen-bond acceptors (Lipinski definition) is 4. The van der Waals surface area contributed by atoms with Gasteiger partial charge in [0, 0.05) is 38.7 Å². The number of aromatic nitrogens is 1. The minimum absolute atomic E-state index is 0. The molecule has 3 rings (SSSR count). The van der Waals surface area contributed by atoms with Crippen molar-refractivity contribution in [1.29, 1.82) is 0 Å². The predicted octanol–water partition coefficient (Wildman–Crippen LogP) is 4.66. The molecule has 0 spiro atoms. The highest BCUT2D eigenvalue weighted by Gasteiger charge is 2.14. The van der Waals surface area contributed by atoms with Crippen molar-refractivity contribution in [3.63, 3.8) is 0 Å². The van der Waals surface area contributed by atoms with E-state index in [0.29, 0.717) is 6.54 Å². The maximum atomic E-state index is 5.47. The van der Waals surface area contributed by atoms with E-state index < -0.39 is 0 Å². The van der Waals surface area contributed by atoms with Crippen LogP contribution in [0.4, 0.5) is 0 Å². The molecule has 2 aromatic rings. The number of guanidine groups is 1. The molecular formula is C24H38IN5O. The summed E-state index contributed by atoms with van der Waals surface area (Å²) in [5.74, 6) is 1.75. The molecule has 0 saturated carbocycles. The maximum Gasteiger partial charge on any atom is 0.191 e. The Balaban J connectivity index is 0.00000341. The maximum absolute atomic E-state index is 5.47. The molecule has 1 aliphatic rings. The summed E-state index contributed by atoms with van der Waals surface area (Å²) < 4.78 is 5.47. The summed E-state index contributed by atoms with van der Waals surface area (Å²) in [6.07, 6.45) is 7.09. The molecule has 31 heavy (non-hydrogen) atoms. The lowest BCUT2D eigenvalue weighted by atomic mass is 10.1. The molecule has 0 atom stereocenters. The van der Waals surface area contributed by atoms with Crippen molar-refractivity contribution < 1.29 is 4.52 Å². The topological polar surface area (TPSA) is 65.7 Å². The first-order chi connectivity index (χ1) is 14.7. The molecule has 2 heterocycles. The lowest BCUT2D eigenvalue weighted by Gasteiger charge is -2.22. The Labute approximate surface area is 204 Å². The van der Waals surface area contributed by atoms with Crippen LogP contribution < -0.4 is 10.6 Å². The molecule has 1 aromatic carbocycles. The van der Waals surface area contributed by atoms with E-state index in [1.807, 2.05) is 7.05 Å². The third-order valence-corrected chi connectivity index (χ3v) is 5.92. The second-order valence-corrected chi connectivity index (χ2v) is 7.98. The summed E-state index contributed by atoms with van der Waals surface area (Å²) in [6.45, 7) is 9.09. The van der Waals surface area contributed by atoms with E-state index in [9.17, 15) is 0 Å². The van der Waals surface area contributed by atoms with Gasteiger partial charge in [-0.15, -0.1) is 24.0 Å². The smallest absolute Gasteiger partial charge is 0.191 e. The van der Waals surface area contributed by atoms with Crippen LogP contribution in [0.2, 0.25) is 0 Å². The van der Waals surface area contributed by atoms with Gasteiger partial charge in [0.15, 0.2) is 5.96 Å². The molecule has 0 bridgehead atoms. The van der Waals surface area contributed by atoms with Gasteiger partial charge in [0.2, 0.25) is 0 Å². The van der Waals surface area contributed by atoms with Gasteiger partial charge in [0.25, 0.3) is 0 Å². The van der Waals surface area contributed by atoms with E-state index >= 15 is 0 Å². The van der Waals surface area contributed by atoms with E-state index in [1.165, 1.54) is 49.9 Å². The van der Waals surface area contributed by atoms with Crippen LogP contribution in [0.3, 0.4) is 0 Å². The van der Waals surface area contributed by atoms with E-state index in [1.54, 1.807) is 0 Å². The lowest BCUT2D eigenvalue weighted by Crippen LogP contribution is -2.37. The van der Waals surface area contributed by atoms with Crippen LogP contribution in [-0.4, -0.2) is 36.2 Å². The predicted molar refractivity (Wildman–Crippen MR) is 138 cm³/mol. The molecule has 1 aromatic heterocycles. The highest BCUT2D eigenvalue weighted by Crippen LogP contribution is 2.17. The number of benzene rings is 1. The van der Waals surface area contributed by atoms with Crippen molar-refractivity contribution >= 4 is 29.9 Å². The third-order valence-electron chi connectivity index (χ3n) is 5.92. The molecule has 0 radical (unpaired) electrons. The van der Waals surface area contributed by atoms with Gasteiger partial charge in [-0.25, -0.2) is 0 Å². The summed E-state index contributed by atoms with van der Waals surface area (Å²) in [5, 5.41) is 11.1. The minimum atomic E-state index is 0.